The molecule has 8 heteroatoms. The smallest absolute Gasteiger partial charge is 0.269 e. The van der Waals surface area contributed by atoms with Gasteiger partial charge in [0.1, 0.15) is 11.4 Å². The maximum atomic E-state index is 11.9. The molecule has 1 aromatic carbocycles. The standard InChI is InChI=1S/C18H16N6O2/c1-11(25)21-13-4-2-12(3-5-13)17-19-7-6-14(22-17)15-10-16-18(26)20-8-9-24(16)23-15/h2-7,10H,8-9H2,1H3,(H,20,26)(H,21,25). The molecule has 3 aromatic rings. The van der Waals surface area contributed by atoms with E-state index in [1.54, 1.807) is 35.1 Å². The van der Waals surface area contributed by atoms with Gasteiger partial charge in [-0.15, -0.1) is 0 Å². The van der Waals surface area contributed by atoms with Crippen LogP contribution in [0, 0.1) is 0 Å². The van der Waals surface area contributed by atoms with Gasteiger partial charge in [0.05, 0.1) is 12.2 Å². The molecule has 0 unspecified atom stereocenters. The van der Waals surface area contributed by atoms with E-state index in [0.29, 0.717) is 41.7 Å². The van der Waals surface area contributed by atoms with Gasteiger partial charge in [0, 0.05) is 30.9 Å². The molecular formula is C18H16N6O2. The number of aromatic nitrogens is 4. The lowest BCUT2D eigenvalue weighted by atomic mass is 10.2. The second-order valence-corrected chi connectivity index (χ2v) is 5.92. The Morgan fingerprint density at radius 2 is 2.00 bits per heavy atom. The van der Waals surface area contributed by atoms with E-state index in [9.17, 15) is 9.59 Å². The van der Waals surface area contributed by atoms with Crippen molar-refractivity contribution in [2.45, 2.75) is 13.5 Å². The van der Waals surface area contributed by atoms with Crippen molar-refractivity contribution in [2.24, 2.45) is 0 Å². The quantitative estimate of drug-likeness (QED) is 0.750. The van der Waals surface area contributed by atoms with Gasteiger partial charge >= 0.3 is 0 Å². The van der Waals surface area contributed by atoms with Crippen LogP contribution < -0.4 is 10.6 Å². The molecule has 26 heavy (non-hydrogen) atoms. The summed E-state index contributed by atoms with van der Waals surface area (Å²) < 4.78 is 1.69. The molecule has 2 aromatic heterocycles. The van der Waals surface area contributed by atoms with E-state index >= 15 is 0 Å². The number of anilines is 1. The molecule has 2 amide bonds. The summed E-state index contributed by atoms with van der Waals surface area (Å²) in [5, 5.41) is 9.99. The van der Waals surface area contributed by atoms with Gasteiger partial charge in [0.15, 0.2) is 5.82 Å². The van der Waals surface area contributed by atoms with Crippen molar-refractivity contribution in [1.29, 1.82) is 0 Å². The lowest BCUT2D eigenvalue weighted by Gasteiger charge is -2.13. The van der Waals surface area contributed by atoms with Crippen LogP contribution in [-0.2, 0) is 11.3 Å². The fourth-order valence-electron chi connectivity index (χ4n) is 2.81. The van der Waals surface area contributed by atoms with E-state index in [1.165, 1.54) is 6.92 Å². The highest BCUT2D eigenvalue weighted by atomic mass is 16.2. The Morgan fingerprint density at radius 1 is 1.19 bits per heavy atom. The third-order valence-electron chi connectivity index (χ3n) is 4.00. The number of fused-ring (bicyclic) bond motifs is 1. The Balaban J connectivity index is 1.65. The largest absolute Gasteiger partial charge is 0.349 e. The van der Waals surface area contributed by atoms with Crippen molar-refractivity contribution in [1.82, 2.24) is 25.1 Å². The number of nitrogens with one attached hydrogen (secondary N) is 2. The summed E-state index contributed by atoms with van der Waals surface area (Å²) in [6, 6.07) is 10.8. The molecule has 0 atom stereocenters. The summed E-state index contributed by atoms with van der Waals surface area (Å²) in [7, 11) is 0. The van der Waals surface area contributed by atoms with E-state index in [1.807, 2.05) is 12.1 Å². The number of rotatable bonds is 3. The van der Waals surface area contributed by atoms with Gasteiger partial charge in [-0.2, -0.15) is 5.10 Å². The van der Waals surface area contributed by atoms with Crippen LogP contribution in [0.25, 0.3) is 22.8 Å². The average molecular weight is 348 g/mol. The molecule has 4 rings (SSSR count). The molecule has 0 radical (unpaired) electrons. The zero-order valence-corrected chi connectivity index (χ0v) is 14.1. The van der Waals surface area contributed by atoms with Crippen LogP contribution in [0.4, 0.5) is 5.69 Å². The van der Waals surface area contributed by atoms with Crippen LogP contribution >= 0.6 is 0 Å². The number of benzene rings is 1. The van der Waals surface area contributed by atoms with Gasteiger partial charge in [-0.05, 0) is 36.4 Å². The first-order valence-electron chi connectivity index (χ1n) is 8.17. The van der Waals surface area contributed by atoms with E-state index in [-0.39, 0.29) is 11.8 Å². The van der Waals surface area contributed by atoms with Crippen molar-refractivity contribution < 1.29 is 9.59 Å². The summed E-state index contributed by atoms with van der Waals surface area (Å²) >= 11 is 0. The molecule has 1 aliphatic rings. The highest BCUT2D eigenvalue weighted by Gasteiger charge is 2.20. The zero-order chi connectivity index (χ0) is 18.1. The molecule has 0 saturated carbocycles. The SMILES string of the molecule is CC(=O)Nc1ccc(-c2nccc(-c3cc4n(n3)CCNC4=O)n2)cc1. The molecular weight excluding hydrogens is 332 g/mol. The zero-order valence-electron chi connectivity index (χ0n) is 14.1. The van der Waals surface area contributed by atoms with E-state index in [2.05, 4.69) is 25.7 Å². The normalized spacial score (nSPS) is 13.0. The summed E-state index contributed by atoms with van der Waals surface area (Å²) in [5.41, 5.74) is 3.35. The average Bonchev–Trinajstić information content (AvgIpc) is 3.08. The lowest BCUT2D eigenvalue weighted by molar-refractivity contribution is -0.114. The Bertz CT molecular complexity index is 993. The van der Waals surface area contributed by atoms with Gasteiger partial charge < -0.3 is 10.6 Å². The number of carbonyl (C=O) groups is 2. The first-order chi connectivity index (χ1) is 12.6. The predicted molar refractivity (Wildman–Crippen MR) is 95.3 cm³/mol. The molecule has 0 saturated heterocycles. The minimum absolute atomic E-state index is 0.121. The third-order valence-corrected chi connectivity index (χ3v) is 4.00. The summed E-state index contributed by atoms with van der Waals surface area (Å²) in [5.74, 6) is 0.300. The summed E-state index contributed by atoms with van der Waals surface area (Å²) in [6.07, 6.45) is 1.66. The lowest BCUT2D eigenvalue weighted by Crippen LogP contribution is -2.35. The molecule has 8 nitrogen and oxygen atoms in total. The van der Waals surface area contributed by atoms with E-state index < -0.39 is 0 Å². The molecule has 0 aliphatic carbocycles. The minimum Gasteiger partial charge on any atom is -0.349 e. The second-order valence-electron chi connectivity index (χ2n) is 5.92. The van der Waals surface area contributed by atoms with Crippen LogP contribution in [0.1, 0.15) is 17.4 Å². The number of hydrogen-bond acceptors (Lipinski definition) is 5. The van der Waals surface area contributed by atoms with Crippen LogP contribution in [0.2, 0.25) is 0 Å². The minimum atomic E-state index is -0.127. The predicted octanol–water partition coefficient (Wildman–Crippen LogP) is 1.71. The molecule has 2 N–H and O–H groups in total. The Labute approximate surface area is 149 Å². The second kappa shape index (κ2) is 6.40. The topological polar surface area (TPSA) is 102 Å². The van der Waals surface area contributed by atoms with Gasteiger partial charge in [0.2, 0.25) is 5.91 Å². The van der Waals surface area contributed by atoms with Gasteiger partial charge in [0.25, 0.3) is 5.91 Å². The van der Waals surface area contributed by atoms with Crippen molar-refractivity contribution in [3.05, 3.63) is 48.3 Å². The van der Waals surface area contributed by atoms with Crippen LogP contribution in [-0.4, -0.2) is 38.1 Å². The first-order valence-corrected chi connectivity index (χ1v) is 8.17. The van der Waals surface area contributed by atoms with Gasteiger partial charge in [-0.1, -0.05) is 0 Å². The number of carbonyl (C=O) groups excluding carboxylic acids is 2. The molecule has 1 aliphatic heterocycles. The Hall–Kier alpha value is -3.55. The Morgan fingerprint density at radius 3 is 2.73 bits per heavy atom. The van der Waals surface area contributed by atoms with E-state index in [4.69, 9.17) is 0 Å². The van der Waals surface area contributed by atoms with Crippen molar-refractivity contribution in [2.75, 3.05) is 11.9 Å². The highest BCUT2D eigenvalue weighted by molar-refractivity contribution is 5.94. The van der Waals surface area contributed by atoms with E-state index in [0.717, 1.165) is 5.56 Å². The van der Waals surface area contributed by atoms with Crippen molar-refractivity contribution in [3.8, 4) is 22.8 Å². The number of amides is 2. The maximum Gasteiger partial charge on any atom is 0.269 e. The Kier molecular flexibility index (Phi) is 3.92. The molecule has 130 valence electrons. The fraction of sp³-hybridized carbons (Fsp3) is 0.167. The number of nitrogens with zero attached hydrogens (tertiary/aromatic N) is 4. The number of hydrogen-bond donors (Lipinski definition) is 2. The molecule has 0 fully saturated rings. The highest BCUT2D eigenvalue weighted by Crippen LogP contribution is 2.22. The first kappa shape index (κ1) is 15.9. The van der Waals surface area contributed by atoms with Crippen molar-refractivity contribution in [3.63, 3.8) is 0 Å². The summed E-state index contributed by atoms with van der Waals surface area (Å²) in [6.45, 7) is 2.68. The molecule has 3 heterocycles. The monoisotopic (exact) mass is 348 g/mol. The maximum absolute atomic E-state index is 11.9. The fourth-order valence-corrected chi connectivity index (χ4v) is 2.81. The van der Waals surface area contributed by atoms with Gasteiger partial charge in [-0.25, -0.2) is 9.97 Å². The van der Waals surface area contributed by atoms with Crippen LogP contribution in [0.5, 0.6) is 0 Å². The van der Waals surface area contributed by atoms with Crippen molar-refractivity contribution >= 4 is 17.5 Å². The molecule has 0 spiro atoms. The van der Waals surface area contributed by atoms with Gasteiger partial charge in [-0.3, -0.25) is 14.3 Å². The van der Waals surface area contributed by atoms with Crippen LogP contribution in [0.3, 0.4) is 0 Å². The summed E-state index contributed by atoms with van der Waals surface area (Å²) in [4.78, 5) is 31.9. The third kappa shape index (κ3) is 3.04. The molecule has 0 bridgehead atoms. The van der Waals surface area contributed by atoms with Crippen LogP contribution in [0.15, 0.2) is 42.6 Å².